The van der Waals surface area contributed by atoms with Crippen molar-refractivity contribution in [1.82, 2.24) is 10.2 Å². The van der Waals surface area contributed by atoms with Crippen LogP contribution in [0.5, 0.6) is 0 Å². The van der Waals surface area contributed by atoms with Crippen LogP contribution in [0.25, 0.3) is 0 Å². The molecule has 28 heavy (non-hydrogen) atoms. The quantitative estimate of drug-likeness (QED) is 0.540. The predicted octanol–water partition coefficient (Wildman–Crippen LogP) is 3.66. The number of hydrogen-bond acceptors (Lipinski definition) is 7. The minimum Gasteiger partial charge on any atom is -0.466 e. The third kappa shape index (κ3) is 5.13. The average Bonchev–Trinajstić information content (AvgIpc) is 3.36. The molecule has 9 heteroatoms. The summed E-state index contributed by atoms with van der Waals surface area (Å²) < 4.78 is 5.02. The van der Waals surface area contributed by atoms with Gasteiger partial charge in [-0.05, 0) is 37.5 Å². The maximum atomic E-state index is 13.0. The van der Waals surface area contributed by atoms with Crippen LogP contribution in [0.15, 0.2) is 23.7 Å². The largest absolute Gasteiger partial charge is 0.466 e. The standard InChI is InChI=1S/C19H22N4O4S/c1-2-27-16(24)9-13-7-8-14(21-18(26)22-19-23-20-11-28-19)10-15(13)17(25)12-5-3-4-6-12/h7-8,10-12H,2-6,9H2,1H3,(H2,21,22,23,26). The zero-order chi connectivity index (χ0) is 19.9. The lowest BCUT2D eigenvalue weighted by atomic mass is 9.91. The van der Waals surface area contributed by atoms with Gasteiger partial charge < -0.3 is 10.1 Å². The highest BCUT2D eigenvalue weighted by atomic mass is 32.1. The second kappa shape index (κ2) is 9.41. The Balaban J connectivity index is 1.79. The second-order valence-electron chi connectivity index (χ2n) is 6.52. The molecule has 1 heterocycles. The maximum absolute atomic E-state index is 13.0. The maximum Gasteiger partial charge on any atom is 0.325 e. The first-order valence-electron chi connectivity index (χ1n) is 9.23. The van der Waals surface area contributed by atoms with Gasteiger partial charge in [0.25, 0.3) is 0 Å². The Hall–Kier alpha value is -2.81. The zero-order valence-corrected chi connectivity index (χ0v) is 16.4. The summed E-state index contributed by atoms with van der Waals surface area (Å²) in [6, 6.07) is 4.52. The minimum absolute atomic E-state index is 0.0185. The highest BCUT2D eigenvalue weighted by Gasteiger charge is 2.26. The Morgan fingerprint density at radius 1 is 1.21 bits per heavy atom. The topological polar surface area (TPSA) is 110 Å². The Morgan fingerprint density at radius 3 is 2.68 bits per heavy atom. The lowest BCUT2D eigenvalue weighted by molar-refractivity contribution is -0.142. The van der Waals surface area contributed by atoms with E-state index >= 15 is 0 Å². The summed E-state index contributed by atoms with van der Waals surface area (Å²) in [5, 5.41) is 13.0. The number of amides is 2. The van der Waals surface area contributed by atoms with Gasteiger partial charge in [0.05, 0.1) is 13.0 Å². The Bertz CT molecular complexity index is 848. The van der Waals surface area contributed by atoms with E-state index in [1.165, 1.54) is 16.8 Å². The fourth-order valence-corrected chi connectivity index (χ4v) is 3.74. The van der Waals surface area contributed by atoms with Crippen molar-refractivity contribution in [3.05, 3.63) is 34.8 Å². The van der Waals surface area contributed by atoms with Crippen LogP contribution in [0.2, 0.25) is 0 Å². The molecule has 0 saturated heterocycles. The molecule has 1 saturated carbocycles. The van der Waals surface area contributed by atoms with Gasteiger partial charge in [-0.1, -0.05) is 30.2 Å². The van der Waals surface area contributed by atoms with Crippen LogP contribution in [0.4, 0.5) is 15.6 Å². The van der Waals surface area contributed by atoms with Crippen molar-refractivity contribution in [2.45, 2.75) is 39.0 Å². The van der Waals surface area contributed by atoms with Gasteiger partial charge in [0.1, 0.15) is 5.51 Å². The molecule has 0 aliphatic heterocycles. The molecule has 2 aromatic rings. The number of ketones is 1. The summed E-state index contributed by atoms with van der Waals surface area (Å²) in [6.45, 7) is 2.03. The molecule has 2 amide bonds. The molecule has 1 aliphatic rings. The molecule has 1 aliphatic carbocycles. The second-order valence-corrected chi connectivity index (χ2v) is 7.36. The summed E-state index contributed by atoms with van der Waals surface area (Å²) in [4.78, 5) is 37.1. The number of nitrogens with zero attached hydrogens (tertiary/aromatic N) is 2. The van der Waals surface area contributed by atoms with Crippen molar-refractivity contribution >= 4 is 39.9 Å². The molecule has 3 rings (SSSR count). The van der Waals surface area contributed by atoms with Crippen molar-refractivity contribution in [2.75, 3.05) is 17.2 Å². The van der Waals surface area contributed by atoms with Crippen molar-refractivity contribution in [3.63, 3.8) is 0 Å². The van der Waals surface area contributed by atoms with Crippen molar-refractivity contribution < 1.29 is 19.1 Å². The van der Waals surface area contributed by atoms with Crippen LogP contribution in [-0.4, -0.2) is 34.6 Å². The van der Waals surface area contributed by atoms with E-state index in [9.17, 15) is 14.4 Å². The Morgan fingerprint density at radius 2 is 2.00 bits per heavy atom. The van der Waals surface area contributed by atoms with Crippen LogP contribution < -0.4 is 10.6 Å². The molecule has 0 unspecified atom stereocenters. The number of hydrogen-bond donors (Lipinski definition) is 2. The van der Waals surface area contributed by atoms with E-state index in [4.69, 9.17) is 4.74 Å². The summed E-state index contributed by atoms with van der Waals surface area (Å²) in [5.74, 6) is -0.394. The van der Waals surface area contributed by atoms with Gasteiger partial charge >= 0.3 is 12.0 Å². The molecule has 1 aromatic heterocycles. The first-order chi connectivity index (χ1) is 13.6. The number of aromatic nitrogens is 2. The summed E-state index contributed by atoms with van der Waals surface area (Å²) in [6.07, 6.45) is 3.80. The zero-order valence-electron chi connectivity index (χ0n) is 15.6. The van der Waals surface area contributed by atoms with E-state index in [-0.39, 0.29) is 30.7 Å². The van der Waals surface area contributed by atoms with E-state index in [0.29, 0.717) is 21.9 Å². The molecular formula is C19H22N4O4S. The first-order valence-corrected chi connectivity index (χ1v) is 10.1. The van der Waals surface area contributed by atoms with E-state index in [1.807, 2.05) is 0 Å². The molecule has 0 radical (unpaired) electrons. The number of carbonyl (C=O) groups excluding carboxylic acids is 3. The fourth-order valence-electron chi connectivity index (χ4n) is 3.30. The normalized spacial score (nSPS) is 13.9. The Labute approximate surface area is 166 Å². The number of urea groups is 1. The average molecular weight is 402 g/mol. The van der Waals surface area contributed by atoms with Gasteiger partial charge in [0, 0.05) is 17.2 Å². The highest BCUT2D eigenvalue weighted by molar-refractivity contribution is 7.13. The van der Waals surface area contributed by atoms with Gasteiger partial charge in [-0.2, -0.15) is 0 Å². The third-order valence-corrected chi connectivity index (χ3v) is 5.19. The number of nitrogens with one attached hydrogen (secondary N) is 2. The van der Waals surface area contributed by atoms with Gasteiger partial charge in [-0.15, -0.1) is 10.2 Å². The van der Waals surface area contributed by atoms with Crippen LogP contribution in [0.3, 0.4) is 0 Å². The van der Waals surface area contributed by atoms with Crippen LogP contribution in [-0.2, 0) is 16.0 Å². The SMILES string of the molecule is CCOC(=O)Cc1ccc(NC(=O)Nc2nncs2)cc1C(=O)C1CCCC1. The number of rotatable bonds is 7. The molecule has 148 valence electrons. The van der Waals surface area contributed by atoms with Crippen LogP contribution in [0, 0.1) is 5.92 Å². The van der Waals surface area contributed by atoms with Gasteiger partial charge in [-0.3, -0.25) is 14.9 Å². The molecule has 0 atom stereocenters. The molecule has 0 spiro atoms. The van der Waals surface area contributed by atoms with Crippen LogP contribution in [0.1, 0.15) is 48.5 Å². The van der Waals surface area contributed by atoms with Gasteiger partial charge in [0.15, 0.2) is 5.78 Å². The molecule has 1 fully saturated rings. The fraction of sp³-hybridized carbons (Fsp3) is 0.421. The minimum atomic E-state index is -0.478. The summed E-state index contributed by atoms with van der Waals surface area (Å²) in [7, 11) is 0. The number of esters is 1. The summed E-state index contributed by atoms with van der Waals surface area (Å²) in [5.41, 5.74) is 3.06. The number of carbonyl (C=O) groups is 3. The van der Waals surface area contributed by atoms with E-state index in [1.54, 1.807) is 25.1 Å². The van der Waals surface area contributed by atoms with Gasteiger partial charge in [0.2, 0.25) is 5.13 Å². The lowest BCUT2D eigenvalue weighted by Gasteiger charge is -2.15. The van der Waals surface area contributed by atoms with Crippen molar-refractivity contribution in [1.29, 1.82) is 0 Å². The lowest BCUT2D eigenvalue weighted by Crippen LogP contribution is -2.21. The molecule has 0 bridgehead atoms. The number of Topliss-reactive ketones (excluding diaryl/α,β-unsaturated/α-hetero) is 1. The monoisotopic (exact) mass is 402 g/mol. The third-order valence-electron chi connectivity index (χ3n) is 4.58. The molecule has 2 N–H and O–H groups in total. The molecular weight excluding hydrogens is 380 g/mol. The molecule has 8 nitrogen and oxygen atoms in total. The van der Waals surface area contributed by atoms with Crippen molar-refractivity contribution in [3.8, 4) is 0 Å². The van der Waals surface area contributed by atoms with E-state index in [0.717, 1.165) is 25.7 Å². The van der Waals surface area contributed by atoms with E-state index in [2.05, 4.69) is 20.8 Å². The van der Waals surface area contributed by atoms with Crippen molar-refractivity contribution in [2.24, 2.45) is 5.92 Å². The smallest absolute Gasteiger partial charge is 0.325 e. The molecule has 1 aromatic carbocycles. The Kier molecular flexibility index (Phi) is 6.70. The highest BCUT2D eigenvalue weighted by Crippen LogP contribution is 2.30. The summed E-state index contributed by atoms with van der Waals surface area (Å²) >= 11 is 1.20. The first kappa shape index (κ1) is 19.9. The van der Waals surface area contributed by atoms with E-state index < -0.39 is 6.03 Å². The van der Waals surface area contributed by atoms with Gasteiger partial charge in [-0.25, -0.2) is 4.79 Å². The predicted molar refractivity (Wildman–Crippen MR) is 106 cm³/mol. The number of ether oxygens (including phenoxy) is 1. The number of benzene rings is 1. The van der Waals surface area contributed by atoms with Crippen LogP contribution >= 0.6 is 11.3 Å². The number of anilines is 2.